The number of carboxylic acids is 3. The van der Waals surface area contributed by atoms with E-state index in [1.807, 2.05) is 0 Å². The Kier molecular flexibility index (Phi) is 9.58. The average molecular weight is 350 g/mol. The van der Waals surface area contributed by atoms with Gasteiger partial charge in [0.25, 0.3) is 0 Å². The number of nitrogens with one attached hydrogen (secondary N) is 1. The molecule has 11 heteroatoms. The lowest BCUT2D eigenvalue weighted by atomic mass is 10.1. The molecule has 1 amide bonds. The van der Waals surface area contributed by atoms with Crippen LogP contribution in [0.25, 0.3) is 0 Å². The molecule has 0 radical (unpaired) electrons. The molecule has 0 bridgehead atoms. The maximum Gasteiger partial charge on any atom is 0.320 e. The molecule has 0 spiro atoms. The van der Waals surface area contributed by atoms with Gasteiger partial charge in [0, 0.05) is 12.2 Å². The van der Waals surface area contributed by atoms with Gasteiger partial charge in [-0.3, -0.25) is 19.2 Å². The molecular formula is C12H18N2O8S. The molecule has 6 N–H and O–H groups in total. The molecule has 1 unspecified atom stereocenters. The third kappa shape index (κ3) is 9.47. The van der Waals surface area contributed by atoms with Crippen molar-refractivity contribution in [3.8, 4) is 0 Å². The molecule has 0 aliphatic rings. The number of carbonyl (C=O) groups is 5. The second-order valence-electron chi connectivity index (χ2n) is 4.55. The summed E-state index contributed by atoms with van der Waals surface area (Å²) in [5.41, 5.74) is 5.23. The summed E-state index contributed by atoms with van der Waals surface area (Å²) in [7, 11) is 0. The van der Waals surface area contributed by atoms with Gasteiger partial charge in [0.15, 0.2) is 0 Å². The Bertz CT molecular complexity index is 470. The third-order valence-electron chi connectivity index (χ3n) is 2.62. The minimum absolute atomic E-state index is 0.114. The van der Waals surface area contributed by atoms with E-state index in [9.17, 15) is 24.0 Å². The summed E-state index contributed by atoms with van der Waals surface area (Å²) in [5, 5.41) is 27.1. The number of nitrogens with two attached hydrogens (primary N) is 1. The molecule has 10 nitrogen and oxygen atoms in total. The Hall–Kier alpha value is -2.14. The number of amides is 1. The molecule has 0 aromatic heterocycles. The monoisotopic (exact) mass is 350 g/mol. The van der Waals surface area contributed by atoms with E-state index in [4.69, 9.17) is 21.1 Å². The van der Waals surface area contributed by atoms with Gasteiger partial charge in [-0.2, -0.15) is 0 Å². The van der Waals surface area contributed by atoms with E-state index in [2.05, 4.69) is 5.32 Å². The van der Waals surface area contributed by atoms with Gasteiger partial charge in [0.05, 0.1) is 12.5 Å². The van der Waals surface area contributed by atoms with Crippen LogP contribution >= 0.6 is 11.8 Å². The van der Waals surface area contributed by atoms with Crippen molar-refractivity contribution in [1.82, 2.24) is 5.32 Å². The van der Waals surface area contributed by atoms with Gasteiger partial charge < -0.3 is 31.2 Å². The van der Waals surface area contributed by atoms with E-state index < -0.39 is 47.6 Å². The highest BCUT2D eigenvalue weighted by atomic mass is 32.2. The zero-order chi connectivity index (χ0) is 18.0. The molecule has 130 valence electrons. The predicted octanol–water partition coefficient (Wildman–Crippen LogP) is -1.48. The van der Waals surface area contributed by atoms with Gasteiger partial charge in [0.1, 0.15) is 17.6 Å². The van der Waals surface area contributed by atoms with Crippen LogP contribution in [0.15, 0.2) is 0 Å². The molecule has 23 heavy (non-hydrogen) atoms. The topological polar surface area (TPSA) is 184 Å². The number of aldehydes is 1. The fraction of sp³-hybridized carbons (Fsp3) is 0.583. The summed E-state index contributed by atoms with van der Waals surface area (Å²) in [6.45, 7) is 0. The first kappa shape index (κ1) is 20.9. The summed E-state index contributed by atoms with van der Waals surface area (Å²) in [6, 6.07) is -2.21. The van der Waals surface area contributed by atoms with Crippen LogP contribution in [0, 0.1) is 0 Å². The number of thioether (sulfide) groups is 1. The highest BCUT2D eigenvalue weighted by Crippen LogP contribution is 2.16. The number of aliphatic carboxylic acids is 3. The molecule has 3 atom stereocenters. The van der Waals surface area contributed by atoms with E-state index in [-0.39, 0.29) is 18.6 Å². The lowest BCUT2D eigenvalue weighted by molar-refractivity contribution is -0.142. The minimum atomic E-state index is -1.33. The van der Waals surface area contributed by atoms with Crippen molar-refractivity contribution in [3.63, 3.8) is 0 Å². The Labute approximate surface area is 135 Å². The van der Waals surface area contributed by atoms with Crippen LogP contribution in [-0.2, 0) is 24.0 Å². The van der Waals surface area contributed by atoms with E-state index in [1.54, 1.807) is 0 Å². The Balaban J connectivity index is 4.35. The van der Waals surface area contributed by atoms with E-state index in [0.717, 1.165) is 0 Å². The van der Waals surface area contributed by atoms with Gasteiger partial charge >= 0.3 is 17.9 Å². The quantitative estimate of drug-likeness (QED) is 0.260. The van der Waals surface area contributed by atoms with Crippen LogP contribution in [0.2, 0.25) is 0 Å². The van der Waals surface area contributed by atoms with Crippen molar-refractivity contribution < 1.29 is 39.3 Å². The average Bonchev–Trinajstić information content (AvgIpc) is 2.46. The van der Waals surface area contributed by atoms with E-state index >= 15 is 0 Å². The molecule has 0 aromatic rings. The third-order valence-corrected chi connectivity index (χ3v) is 3.94. The minimum Gasteiger partial charge on any atom is -0.481 e. The molecule has 0 aliphatic heterocycles. The van der Waals surface area contributed by atoms with Crippen molar-refractivity contribution in [1.29, 1.82) is 0 Å². The van der Waals surface area contributed by atoms with Crippen LogP contribution in [0.3, 0.4) is 0 Å². The van der Waals surface area contributed by atoms with Crippen LogP contribution in [0.4, 0.5) is 0 Å². The van der Waals surface area contributed by atoms with Crippen LogP contribution in [-0.4, -0.2) is 68.5 Å². The van der Waals surface area contributed by atoms with E-state index in [1.165, 1.54) is 0 Å². The smallest absolute Gasteiger partial charge is 0.320 e. The van der Waals surface area contributed by atoms with Crippen molar-refractivity contribution in [2.24, 2.45) is 5.73 Å². The van der Waals surface area contributed by atoms with Crippen molar-refractivity contribution in [3.05, 3.63) is 0 Å². The summed E-state index contributed by atoms with van der Waals surface area (Å²) < 4.78 is 0. The maximum atomic E-state index is 11.6. The summed E-state index contributed by atoms with van der Waals surface area (Å²) in [4.78, 5) is 54.3. The van der Waals surface area contributed by atoms with Crippen molar-refractivity contribution >= 4 is 41.9 Å². The molecule has 0 aromatic carbocycles. The zero-order valence-corrected chi connectivity index (χ0v) is 12.8. The first-order valence-electron chi connectivity index (χ1n) is 6.46. The fourth-order valence-corrected chi connectivity index (χ4v) is 2.40. The van der Waals surface area contributed by atoms with Crippen molar-refractivity contribution in [2.75, 3.05) is 5.75 Å². The number of hydrogen-bond donors (Lipinski definition) is 5. The van der Waals surface area contributed by atoms with Gasteiger partial charge in [-0.1, -0.05) is 0 Å². The zero-order valence-electron chi connectivity index (χ0n) is 12.0. The number of rotatable bonds is 12. The Morgan fingerprint density at radius 3 is 2.17 bits per heavy atom. The van der Waals surface area contributed by atoms with E-state index in [0.29, 0.717) is 18.0 Å². The maximum absolute atomic E-state index is 11.6. The fourth-order valence-electron chi connectivity index (χ4n) is 1.40. The molecule has 0 fully saturated rings. The Morgan fingerprint density at radius 1 is 1.13 bits per heavy atom. The number of carbonyl (C=O) groups excluding carboxylic acids is 2. The van der Waals surface area contributed by atoms with Gasteiger partial charge in [-0.05, 0) is 6.42 Å². The number of carboxylic acid groups (broad SMARTS) is 3. The SMILES string of the molecule is N[C@@H](CCC(=O)N[C@H](C=O)CSC(CC(=O)O)C(=O)O)C(=O)O. The first-order valence-corrected chi connectivity index (χ1v) is 7.51. The van der Waals surface area contributed by atoms with Crippen LogP contribution in [0.1, 0.15) is 19.3 Å². The lowest BCUT2D eigenvalue weighted by Crippen LogP contribution is -2.40. The first-order chi connectivity index (χ1) is 10.7. The second kappa shape index (κ2) is 10.6. The molecule has 0 saturated carbocycles. The highest BCUT2D eigenvalue weighted by molar-refractivity contribution is 8.00. The largest absolute Gasteiger partial charge is 0.481 e. The molecule has 0 heterocycles. The standard InChI is InChI=1S/C12H18N2O8S/c13-7(11(19)20)1-2-9(16)14-6(4-15)5-23-8(12(21)22)3-10(17)18/h4,6-8H,1-3,5,13H2,(H,14,16)(H,17,18)(H,19,20)(H,21,22)/t6-,7+,8?/m1/s1. The predicted molar refractivity (Wildman–Crippen MR) is 79.0 cm³/mol. The Morgan fingerprint density at radius 2 is 1.74 bits per heavy atom. The molecule has 0 rings (SSSR count). The van der Waals surface area contributed by atoms with Crippen LogP contribution < -0.4 is 11.1 Å². The van der Waals surface area contributed by atoms with Gasteiger partial charge in [0.2, 0.25) is 5.91 Å². The number of hydrogen-bond acceptors (Lipinski definition) is 7. The molecular weight excluding hydrogens is 332 g/mol. The normalized spacial score (nSPS) is 14.3. The van der Waals surface area contributed by atoms with Crippen molar-refractivity contribution in [2.45, 2.75) is 36.6 Å². The summed E-state index contributed by atoms with van der Waals surface area (Å²) in [6.07, 6.45) is -0.550. The molecule has 0 aliphatic carbocycles. The summed E-state index contributed by atoms with van der Waals surface area (Å²) >= 11 is 0.717. The summed E-state index contributed by atoms with van der Waals surface area (Å²) in [5.74, 6) is -4.60. The molecule has 0 saturated heterocycles. The van der Waals surface area contributed by atoms with Gasteiger partial charge in [-0.15, -0.1) is 11.8 Å². The lowest BCUT2D eigenvalue weighted by Gasteiger charge is -2.15. The second-order valence-corrected chi connectivity index (χ2v) is 5.79. The highest BCUT2D eigenvalue weighted by Gasteiger charge is 2.24. The van der Waals surface area contributed by atoms with Crippen LogP contribution in [0.5, 0.6) is 0 Å². The van der Waals surface area contributed by atoms with Gasteiger partial charge in [-0.25, -0.2) is 0 Å².